The minimum absolute atomic E-state index is 0.0115. The molecule has 2 N–H and O–H groups in total. The number of hydrogen-bond donors (Lipinski definition) is 2. The Hall–Kier alpha value is -1.55. The van der Waals surface area contributed by atoms with Gasteiger partial charge in [-0.3, -0.25) is 4.79 Å². The molecule has 1 unspecified atom stereocenters. The lowest BCUT2D eigenvalue weighted by Gasteiger charge is -2.13. The Kier molecular flexibility index (Phi) is 4.79. The van der Waals surface area contributed by atoms with Gasteiger partial charge in [0.2, 0.25) is 0 Å². The Balaban J connectivity index is 2.28. The zero-order valence-electron chi connectivity index (χ0n) is 9.56. The molecule has 0 aliphatic heterocycles. The van der Waals surface area contributed by atoms with Gasteiger partial charge < -0.3 is 15.2 Å². The van der Waals surface area contributed by atoms with Crippen molar-refractivity contribution in [1.29, 1.82) is 0 Å². The van der Waals surface area contributed by atoms with Crippen molar-refractivity contribution >= 4 is 5.97 Å². The highest BCUT2D eigenvalue weighted by atomic mass is 16.5. The molecule has 0 heterocycles. The molecule has 88 valence electrons. The van der Waals surface area contributed by atoms with Gasteiger partial charge in [0, 0.05) is 6.04 Å². The molecule has 0 aromatic heterocycles. The smallest absolute Gasteiger partial charge is 0.317 e. The molecule has 0 saturated heterocycles. The quantitative estimate of drug-likeness (QED) is 0.766. The summed E-state index contributed by atoms with van der Waals surface area (Å²) in [7, 11) is 0. The van der Waals surface area contributed by atoms with Crippen molar-refractivity contribution < 1.29 is 14.6 Å². The van der Waals surface area contributed by atoms with Gasteiger partial charge in [-0.2, -0.15) is 0 Å². The fourth-order valence-electron chi connectivity index (χ4n) is 1.18. The van der Waals surface area contributed by atoms with Crippen LogP contribution in [0.25, 0.3) is 0 Å². The van der Waals surface area contributed by atoms with E-state index in [0.717, 1.165) is 5.75 Å². The van der Waals surface area contributed by atoms with Gasteiger partial charge in [0.1, 0.15) is 12.4 Å². The van der Waals surface area contributed by atoms with Crippen LogP contribution in [0.3, 0.4) is 0 Å². The summed E-state index contributed by atoms with van der Waals surface area (Å²) in [6, 6.07) is 7.77. The van der Waals surface area contributed by atoms with Crippen LogP contribution in [0.1, 0.15) is 12.5 Å². The number of carboxylic acid groups (broad SMARTS) is 1. The van der Waals surface area contributed by atoms with E-state index < -0.39 is 5.97 Å². The van der Waals surface area contributed by atoms with Crippen LogP contribution in [-0.2, 0) is 4.79 Å². The van der Waals surface area contributed by atoms with Crippen LogP contribution < -0.4 is 10.1 Å². The summed E-state index contributed by atoms with van der Waals surface area (Å²) in [6.07, 6.45) is 0. The maximum atomic E-state index is 10.3. The summed E-state index contributed by atoms with van der Waals surface area (Å²) in [5.74, 6) is -0.0586. The molecule has 0 fully saturated rings. The Labute approximate surface area is 95.2 Å². The number of benzene rings is 1. The van der Waals surface area contributed by atoms with Crippen LogP contribution in [0, 0.1) is 6.92 Å². The number of nitrogens with one attached hydrogen (secondary N) is 1. The molecule has 16 heavy (non-hydrogen) atoms. The van der Waals surface area contributed by atoms with E-state index in [4.69, 9.17) is 9.84 Å². The number of rotatable bonds is 6. The van der Waals surface area contributed by atoms with Crippen LogP contribution in [0.15, 0.2) is 24.3 Å². The van der Waals surface area contributed by atoms with E-state index in [1.165, 1.54) is 5.56 Å². The number of carboxylic acids is 1. The van der Waals surface area contributed by atoms with Gasteiger partial charge in [-0.15, -0.1) is 0 Å². The fraction of sp³-hybridized carbons (Fsp3) is 0.417. The van der Waals surface area contributed by atoms with Gasteiger partial charge in [0.05, 0.1) is 6.54 Å². The van der Waals surface area contributed by atoms with Crippen molar-refractivity contribution in [2.75, 3.05) is 13.2 Å². The predicted octanol–water partition coefficient (Wildman–Crippen LogP) is 1.44. The molecule has 0 radical (unpaired) electrons. The molecular weight excluding hydrogens is 206 g/mol. The van der Waals surface area contributed by atoms with Crippen molar-refractivity contribution in [3.63, 3.8) is 0 Å². The van der Waals surface area contributed by atoms with Gasteiger partial charge >= 0.3 is 5.97 Å². The molecule has 0 spiro atoms. The first-order valence-electron chi connectivity index (χ1n) is 5.22. The van der Waals surface area contributed by atoms with Crippen molar-refractivity contribution in [3.8, 4) is 5.75 Å². The first kappa shape index (κ1) is 12.5. The number of ether oxygens (including phenoxy) is 1. The lowest BCUT2D eigenvalue weighted by Crippen LogP contribution is -2.35. The van der Waals surface area contributed by atoms with E-state index in [9.17, 15) is 4.79 Å². The Morgan fingerprint density at radius 3 is 2.62 bits per heavy atom. The number of hydrogen-bond acceptors (Lipinski definition) is 3. The molecule has 0 aliphatic rings. The molecule has 4 nitrogen and oxygen atoms in total. The average molecular weight is 223 g/mol. The van der Waals surface area contributed by atoms with E-state index in [1.807, 2.05) is 38.1 Å². The normalized spacial score (nSPS) is 12.1. The summed E-state index contributed by atoms with van der Waals surface area (Å²) < 4.78 is 5.50. The van der Waals surface area contributed by atoms with Gasteiger partial charge in [0.15, 0.2) is 0 Å². The second-order valence-electron chi connectivity index (χ2n) is 3.80. The van der Waals surface area contributed by atoms with Crippen LogP contribution in [0.4, 0.5) is 0 Å². The highest BCUT2D eigenvalue weighted by molar-refractivity contribution is 5.69. The highest BCUT2D eigenvalue weighted by Gasteiger charge is 2.04. The van der Waals surface area contributed by atoms with E-state index in [2.05, 4.69) is 5.32 Å². The number of aryl methyl sites for hydroxylation is 1. The maximum absolute atomic E-state index is 10.3. The first-order valence-corrected chi connectivity index (χ1v) is 5.22. The molecule has 0 amide bonds. The summed E-state index contributed by atoms with van der Waals surface area (Å²) in [5.41, 5.74) is 1.18. The van der Waals surface area contributed by atoms with Crippen LogP contribution in [0.5, 0.6) is 5.75 Å². The third-order valence-corrected chi connectivity index (χ3v) is 2.12. The summed E-state index contributed by atoms with van der Waals surface area (Å²) in [6.45, 7) is 4.31. The molecule has 1 rings (SSSR count). The third-order valence-electron chi connectivity index (χ3n) is 2.12. The molecule has 1 aromatic carbocycles. The highest BCUT2D eigenvalue weighted by Crippen LogP contribution is 2.11. The minimum atomic E-state index is -0.859. The second kappa shape index (κ2) is 6.12. The van der Waals surface area contributed by atoms with Gasteiger partial charge in [-0.1, -0.05) is 17.7 Å². The molecule has 0 bridgehead atoms. The zero-order chi connectivity index (χ0) is 12.0. The number of aliphatic carboxylic acids is 1. The van der Waals surface area contributed by atoms with Crippen molar-refractivity contribution in [2.24, 2.45) is 0 Å². The molecule has 1 atom stereocenters. The lowest BCUT2D eigenvalue weighted by molar-refractivity contribution is -0.136. The molecule has 0 aliphatic carbocycles. The second-order valence-corrected chi connectivity index (χ2v) is 3.80. The first-order chi connectivity index (χ1) is 7.58. The van der Waals surface area contributed by atoms with Gasteiger partial charge in [0.25, 0.3) is 0 Å². The standard InChI is InChI=1S/C12H17NO3/c1-9-3-5-11(6-4-9)16-8-10(2)13-7-12(14)15/h3-6,10,13H,7-8H2,1-2H3,(H,14,15). The van der Waals surface area contributed by atoms with E-state index in [0.29, 0.717) is 6.61 Å². The molecule has 4 heteroatoms. The van der Waals surface area contributed by atoms with Gasteiger partial charge in [-0.25, -0.2) is 0 Å². The average Bonchev–Trinajstić information content (AvgIpc) is 2.25. The Morgan fingerprint density at radius 1 is 1.44 bits per heavy atom. The SMILES string of the molecule is Cc1ccc(OCC(C)NCC(=O)O)cc1. The maximum Gasteiger partial charge on any atom is 0.317 e. The van der Waals surface area contributed by atoms with Gasteiger partial charge in [-0.05, 0) is 26.0 Å². The number of carbonyl (C=O) groups is 1. The molecule has 0 saturated carbocycles. The predicted molar refractivity (Wildman–Crippen MR) is 61.8 cm³/mol. The topological polar surface area (TPSA) is 58.6 Å². The lowest BCUT2D eigenvalue weighted by atomic mass is 10.2. The largest absolute Gasteiger partial charge is 0.492 e. The Bertz CT molecular complexity index is 335. The van der Waals surface area contributed by atoms with E-state index in [-0.39, 0.29) is 12.6 Å². The van der Waals surface area contributed by atoms with Crippen molar-refractivity contribution in [3.05, 3.63) is 29.8 Å². The summed E-state index contributed by atoms with van der Waals surface area (Å²) >= 11 is 0. The minimum Gasteiger partial charge on any atom is -0.492 e. The molecular formula is C12H17NO3. The summed E-state index contributed by atoms with van der Waals surface area (Å²) in [4.78, 5) is 10.3. The van der Waals surface area contributed by atoms with Crippen molar-refractivity contribution in [2.45, 2.75) is 19.9 Å². The van der Waals surface area contributed by atoms with Crippen LogP contribution in [-0.4, -0.2) is 30.3 Å². The van der Waals surface area contributed by atoms with Crippen molar-refractivity contribution in [1.82, 2.24) is 5.32 Å². The van der Waals surface area contributed by atoms with Crippen LogP contribution in [0.2, 0.25) is 0 Å². The Morgan fingerprint density at radius 2 is 2.06 bits per heavy atom. The zero-order valence-corrected chi connectivity index (χ0v) is 9.56. The van der Waals surface area contributed by atoms with Crippen LogP contribution >= 0.6 is 0 Å². The monoisotopic (exact) mass is 223 g/mol. The molecule has 1 aromatic rings. The van der Waals surface area contributed by atoms with E-state index >= 15 is 0 Å². The third kappa shape index (κ3) is 4.79. The van der Waals surface area contributed by atoms with E-state index in [1.54, 1.807) is 0 Å². The fourth-order valence-corrected chi connectivity index (χ4v) is 1.18. The summed E-state index contributed by atoms with van der Waals surface area (Å²) in [5, 5.41) is 11.3.